The number of nitrogens with one attached hydrogen (secondary N) is 1. The molecule has 148 valence electrons. The molecule has 1 aromatic heterocycles. The van der Waals surface area contributed by atoms with Crippen LogP contribution >= 0.6 is 0 Å². The van der Waals surface area contributed by atoms with Crippen LogP contribution in [0.2, 0.25) is 0 Å². The molecule has 2 N–H and O–H groups in total. The molecule has 0 radical (unpaired) electrons. The maximum absolute atomic E-state index is 12.7. The van der Waals surface area contributed by atoms with E-state index in [1.807, 2.05) is 6.92 Å². The number of nitrogens with zero attached hydrogens (tertiary/aromatic N) is 3. The van der Waals surface area contributed by atoms with Crippen molar-refractivity contribution in [2.75, 3.05) is 13.1 Å². The number of hydrogen-bond acceptors (Lipinski definition) is 4. The van der Waals surface area contributed by atoms with E-state index >= 15 is 0 Å². The van der Waals surface area contributed by atoms with E-state index in [-0.39, 0.29) is 36.9 Å². The zero-order valence-corrected chi connectivity index (χ0v) is 15.8. The molecule has 1 aromatic rings. The van der Waals surface area contributed by atoms with E-state index in [4.69, 9.17) is 0 Å². The Bertz CT molecular complexity index is 696. The van der Waals surface area contributed by atoms with Gasteiger partial charge in [0.15, 0.2) is 0 Å². The van der Waals surface area contributed by atoms with Crippen molar-refractivity contribution < 1.29 is 19.5 Å². The number of carbonyl (C=O) groups excluding carboxylic acids is 2. The molecule has 1 aliphatic heterocycles. The highest BCUT2D eigenvalue weighted by Crippen LogP contribution is 2.23. The smallest absolute Gasteiger partial charge is 0.308 e. The maximum Gasteiger partial charge on any atom is 0.308 e. The molecule has 2 unspecified atom stereocenters. The second kappa shape index (κ2) is 8.54. The van der Waals surface area contributed by atoms with Crippen molar-refractivity contribution in [1.82, 2.24) is 20.0 Å². The minimum absolute atomic E-state index is 0.0813. The Morgan fingerprint density at radius 1 is 1.22 bits per heavy atom. The van der Waals surface area contributed by atoms with E-state index < -0.39 is 11.9 Å². The fourth-order valence-corrected chi connectivity index (χ4v) is 4.11. The van der Waals surface area contributed by atoms with Crippen molar-refractivity contribution >= 4 is 17.8 Å². The summed E-state index contributed by atoms with van der Waals surface area (Å²) >= 11 is 0. The lowest BCUT2D eigenvalue weighted by molar-refractivity contribution is -0.143. The van der Waals surface area contributed by atoms with Gasteiger partial charge in [0, 0.05) is 25.3 Å². The predicted octanol–water partition coefficient (Wildman–Crippen LogP) is 1.51. The van der Waals surface area contributed by atoms with Crippen LogP contribution in [0.3, 0.4) is 0 Å². The number of carboxylic acid groups (broad SMARTS) is 1. The first-order valence-electron chi connectivity index (χ1n) is 9.76. The first-order chi connectivity index (χ1) is 12.9. The molecule has 0 bridgehead atoms. The van der Waals surface area contributed by atoms with Gasteiger partial charge in [-0.1, -0.05) is 26.2 Å². The molecule has 2 atom stereocenters. The topological polar surface area (TPSA) is 105 Å². The third kappa shape index (κ3) is 5.08. The second-order valence-corrected chi connectivity index (χ2v) is 7.92. The first kappa shape index (κ1) is 19.4. The SMILES string of the molecule is CC1CC(C(=O)O)CN(C(=O)c2cnn(CC(=O)NC3CCCCC3)c2)C1. The Balaban J connectivity index is 1.56. The highest BCUT2D eigenvalue weighted by Gasteiger charge is 2.32. The summed E-state index contributed by atoms with van der Waals surface area (Å²) in [5.41, 5.74) is 0.388. The van der Waals surface area contributed by atoms with Crippen molar-refractivity contribution in [3.63, 3.8) is 0 Å². The minimum Gasteiger partial charge on any atom is -0.481 e. The number of amides is 2. The van der Waals surface area contributed by atoms with Gasteiger partial charge in [-0.2, -0.15) is 5.10 Å². The number of aliphatic carboxylic acids is 1. The van der Waals surface area contributed by atoms with E-state index in [1.165, 1.54) is 17.3 Å². The van der Waals surface area contributed by atoms with Gasteiger partial charge in [0.2, 0.25) is 5.91 Å². The third-order valence-corrected chi connectivity index (χ3v) is 5.45. The monoisotopic (exact) mass is 376 g/mol. The van der Waals surface area contributed by atoms with Crippen LogP contribution < -0.4 is 5.32 Å². The molecule has 8 nitrogen and oxygen atoms in total. The fourth-order valence-electron chi connectivity index (χ4n) is 4.11. The standard InChI is InChI=1S/C19H28N4O4/c1-13-7-14(19(26)27)10-22(9-13)18(25)15-8-20-23(11-15)12-17(24)21-16-5-3-2-4-6-16/h8,11,13-14,16H,2-7,9-10,12H2,1H3,(H,21,24)(H,26,27). The number of aromatic nitrogens is 2. The largest absolute Gasteiger partial charge is 0.481 e. The van der Waals surface area contributed by atoms with E-state index in [0.717, 1.165) is 25.7 Å². The molecule has 0 spiro atoms. The summed E-state index contributed by atoms with van der Waals surface area (Å²) in [4.78, 5) is 37.8. The van der Waals surface area contributed by atoms with E-state index in [9.17, 15) is 19.5 Å². The van der Waals surface area contributed by atoms with Crippen LogP contribution in [-0.2, 0) is 16.1 Å². The van der Waals surface area contributed by atoms with Crippen LogP contribution in [0.5, 0.6) is 0 Å². The normalized spacial score (nSPS) is 23.8. The molecule has 2 heterocycles. The summed E-state index contributed by atoms with van der Waals surface area (Å²) in [5.74, 6) is -1.59. The van der Waals surface area contributed by atoms with Gasteiger partial charge in [0.1, 0.15) is 6.54 Å². The molecular formula is C19H28N4O4. The van der Waals surface area contributed by atoms with Gasteiger partial charge in [-0.3, -0.25) is 19.1 Å². The fraction of sp³-hybridized carbons (Fsp3) is 0.684. The van der Waals surface area contributed by atoms with Crippen LogP contribution in [-0.4, -0.2) is 56.7 Å². The first-order valence-corrected chi connectivity index (χ1v) is 9.76. The molecule has 2 fully saturated rings. The number of carbonyl (C=O) groups is 3. The van der Waals surface area contributed by atoms with E-state index in [1.54, 1.807) is 11.1 Å². The van der Waals surface area contributed by atoms with Gasteiger partial charge in [-0.15, -0.1) is 0 Å². The average Bonchev–Trinajstić information content (AvgIpc) is 3.09. The number of rotatable bonds is 5. The number of hydrogen-bond donors (Lipinski definition) is 2. The zero-order valence-electron chi connectivity index (χ0n) is 15.8. The Morgan fingerprint density at radius 3 is 2.67 bits per heavy atom. The molecule has 8 heteroatoms. The summed E-state index contributed by atoms with van der Waals surface area (Å²) in [7, 11) is 0. The van der Waals surface area contributed by atoms with Crippen LogP contribution in [0.1, 0.15) is 55.8 Å². The summed E-state index contributed by atoms with van der Waals surface area (Å²) in [5, 5.41) is 16.4. The van der Waals surface area contributed by atoms with E-state index in [2.05, 4.69) is 10.4 Å². The second-order valence-electron chi connectivity index (χ2n) is 7.92. The molecule has 1 aliphatic carbocycles. The quantitative estimate of drug-likeness (QED) is 0.811. The van der Waals surface area contributed by atoms with Crippen molar-refractivity contribution in [3.05, 3.63) is 18.0 Å². The molecule has 2 amide bonds. The minimum atomic E-state index is -0.866. The van der Waals surface area contributed by atoms with Crippen molar-refractivity contribution in [2.45, 2.75) is 58.0 Å². The van der Waals surface area contributed by atoms with Crippen molar-refractivity contribution in [3.8, 4) is 0 Å². The van der Waals surface area contributed by atoms with Gasteiger partial charge < -0.3 is 15.3 Å². The Morgan fingerprint density at radius 2 is 1.96 bits per heavy atom. The van der Waals surface area contributed by atoms with E-state index in [0.29, 0.717) is 18.5 Å². The van der Waals surface area contributed by atoms with Gasteiger partial charge >= 0.3 is 5.97 Å². The maximum atomic E-state index is 12.7. The average molecular weight is 376 g/mol. The number of carboxylic acids is 1. The molecule has 1 saturated carbocycles. The lowest BCUT2D eigenvalue weighted by Crippen LogP contribution is -2.45. The number of likely N-dealkylation sites (tertiary alicyclic amines) is 1. The van der Waals surface area contributed by atoms with Gasteiger partial charge in [-0.25, -0.2) is 0 Å². The molecule has 27 heavy (non-hydrogen) atoms. The summed E-state index contributed by atoms with van der Waals surface area (Å²) in [6, 6.07) is 0.241. The van der Waals surface area contributed by atoms with Gasteiger partial charge in [-0.05, 0) is 25.2 Å². The predicted molar refractivity (Wildman–Crippen MR) is 98.1 cm³/mol. The Kier molecular flexibility index (Phi) is 6.13. The van der Waals surface area contributed by atoms with Crippen molar-refractivity contribution in [2.24, 2.45) is 11.8 Å². The lowest BCUT2D eigenvalue weighted by Gasteiger charge is -2.34. The van der Waals surface area contributed by atoms with Crippen LogP contribution in [0.15, 0.2) is 12.4 Å². The molecule has 0 aromatic carbocycles. The summed E-state index contributed by atoms with van der Waals surface area (Å²) in [6.07, 6.45) is 9.17. The third-order valence-electron chi connectivity index (χ3n) is 5.45. The van der Waals surface area contributed by atoms with Crippen LogP contribution in [0.4, 0.5) is 0 Å². The number of piperidine rings is 1. The van der Waals surface area contributed by atoms with Crippen LogP contribution in [0, 0.1) is 11.8 Å². The van der Waals surface area contributed by atoms with Crippen molar-refractivity contribution in [1.29, 1.82) is 0 Å². The zero-order chi connectivity index (χ0) is 19.4. The Labute approximate surface area is 158 Å². The molecular weight excluding hydrogens is 348 g/mol. The molecule has 2 aliphatic rings. The highest BCUT2D eigenvalue weighted by atomic mass is 16.4. The van der Waals surface area contributed by atoms with Gasteiger partial charge in [0.05, 0.1) is 17.7 Å². The Hall–Kier alpha value is -2.38. The summed E-state index contributed by atoms with van der Waals surface area (Å²) < 4.78 is 1.47. The van der Waals surface area contributed by atoms with Gasteiger partial charge in [0.25, 0.3) is 5.91 Å². The molecule has 1 saturated heterocycles. The lowest BCUT2D eigenvalue weighted by atomic mass is 9.90. The highest BCUT2D eigenvalue weighted by molar-refractivity contribution is 5.94. The summed E-state index contributed by atoms with van der Waals surface area (Å²) in [6.45, 7) is 2.79. The van der Waals surface area contributed by atoms with Crippen LogP contribution in [0.25, 0.3) is 0 Å². The molecule has 3 rings (SSSR count).